The minimum Gasteiger partial charge on any atom is -0.508 e. The molecule has 0 radical (unpaired) electrons. The maximum Gasteiger partial charge on any atom is 0.233 e. The van der Waals surface area contributed by atoms with Crippen LogP contribution in [0.1, 0.15) is 24.4 Å². The van der Waals surface area contributed by atoms with Crippen LogP contribution < -0.4 is 4.90 Å². The normalized spacial score (nSPS) is 19.8. The van der Waals surface area contributed by atoms with Crippen molar-refractivity contribution in [3.05, 3.63) is 59.9 Å². The van der Waals surface area contributed by atoms with E-state index in [1.165, 1.54) is 19.2 Å². The number of anilines is 1. The van der Waals surface area contributed by atoms with Gasteiger partial charge in [0.15, 0.2) is 0 Å². The van der Waals surface area contributed by atoms with Gasteiger partial charge in [0.25, 0.3) is 0 Å². The molecule has 2 aromatic rings. The van der Waals surface area contributed by atoms with Crippen molar-refractivity contribution in [2.45, 2.75) is 18.9 Å². The summed E-state index contributed by atoms with van der Waals surface area (Å²) in [7, 11) is 1.45. The fourth-order valence-electron chi connectivity index (χ4n) is 3.22. The van der Waals surface area contributed by atoms with E-state index < -0.39 is 0 Å². The van der Waals surface area contributed by atoms with E-state index in [0.717, 1.165) is 5.56 Å². The van der Waals surface area contributed by atoms with E-state index >= 15 is 0 Å². The summed E-state index contributed by atoms with van der Waals surface area (Å²) in [6.07, 6.45) is 1.35. The lowest BCUT2D eigenvalue weighted by Crippen LogP contribution is -2.55. The first-order chi connectivity index (χ1) is 12.1. The molecule has 1 heterocycles. The molecule has 0 aromatic heterocycles. The molecule has 3 rings (SSSR count). The van der Waals surface area contributed by atoms with Gasteiger partial charge in [-0.3, -0.25) is 4.79 Å². The van der Waals surface area contributed by atoms with E-state index in [0.29, 0.717) is 25.1 Å². The summed E-state index contributed by atoms with van der Waals surface area (Å²) >= 11 is 0. The zero-order chi connectivity index (χ0) is 17.8. The molecule has 1 aliphatic rings. The van der Waals surface area contributed by atoms with Crippen molar-refractivity contribution < 1.29 is 24.1 Å². The molecule has 1 amide bonds. The molecule has 1 N–H and O–H groups in total. The number of phenols is 1. The Morgan fingerprint density at radius 2 is 1.80 bits per heavy atom. The Balaban J connectivity index is 1.82. The number of β-lactam (4-membered cyclic amide) rings is 1. The van der Waals surface area contributed by atoms with Crippen LogP contribution >= 0.6 is 0 Å². The lowest BCUT2D eigenvalue weighted by molar-refractivity contribution is -0.273. The van der Waals surface area contributed by atoms with Gasteiger partial charge in [0.05, 0.1) is 25.7 Å². The molecule has 2 atom stereocenters. The number of rotatable bonds is 7. The zero-order valence-electron chi connectivity index (χ0n) is 13.9. The fourth-order valence-corrected chi connectivity index (χ4v) is 3.22. The third-order valence-corrected chi connectivity index (χ3v) is 4.41. The molecule has 0 unspecified atom stereocenters. The molecule has 1 aliphatic heterocycles. The second kappa shape index (κ2) is 7.63. The van der Waals surface area contributed by atoms with Crippen molar-refractivity contribution in [2.75, 3.05) is 18.6 Å². The number of amides is 1. The topological polar surface area (TPSA) is 59.0 Å². The van der Waals surface area contributed by atoms with E-state index in [2.05, 4.69) is 4.89 Å². The number of hydrogen-bond acceptors (Lipinski definition) is 4. The second-order valence-electron chi connectivity index (χ2n) is 5.96. The van der Waals surface area contributed by atoms with Crippen molar-refractivity contribution in [1.82, 2.24) is 0 Å². The van der Waals surface area contributed by atoms with Gasteiger partial charge < -0.3 is 10.0 Å². The van der Waals surface area contributed by atoms with E-state index in [4.69, 9.17) is 4.89 Å². The van der Waals surface area contributed by atoms with Crippen LogP contribution in [-0.4, -0.2) is 24.7 Å². The molecule has 1 fully saturated rings. The number of halogens is 1. The molecule has 5 nitrogen and oxygen atoms in total. The maximum absolute atomic E-state index is 13.2. The number of hydrogen-bond donors (Lipinski definition) is 1. The molecule has 0 bridgehead atoms. The Morgan fingerprint density at radius 1 is 1.12 bits per heavy atom. The van der Waals surface area contributed by atoms with Gasteiger partial charge in [-0.15, -0.1) is 0 Å². The number of carbonyl (C=O) groups excluding carboxylic acids is 1. The lowest BCUT2D eigenvalue weighted by Gasteiger charge is -2.47. The van der Waals surface area contributed by atoms with Crippen molar-refractivity contribution >= 4 is 11.6 Å². The summed E-state index contributed by atoms with van der Waals surface area (Å²) in [6, 6.07) is 12.6. The summed E-state index contributed by atoms with van der Waals surface area (Å²) in [6.45, 7) is 0.416. The highest BCUT2D eigenvalue weighted by atomic mass is 19.1. The van der Waals surface area contributed by atoms with Crippen LogP contribution in [0.2, 0.25) is 0 Å². The molecule has 132 valence electrons. The number of benzene rings is 2. The highest BCUT2D eigenvalue weighted by Gasteiger charge is 2.48. The number of phenolic OH excluding ortho intramolecular Hbond substituents is 1. The molecule has 0 saturated carbocycles. The van der Waals surface area contributed by atoms with Gasteiger partial charge >= 0.3 is 0 Å². The Bertz CT molecular complexity index is 717. The molecule has 25 heavy (non-hydrogen) atoms. The summed E-state index contributed by atoms with van der Waals surface area (Å²) < 4.78 is 13.2. The first-order valence-electron chi connectivity index (χ1n) is 8.15. The van der Waals surface area contributed by atoms with Crippen LogP contribution in [0, 0.1) is 11.7 Å². The molecular formula is C19H20FNO4. The van der Waals surface area contributed by atoms with Gasteiger partial charge in [-0.25, -0.2) is 14.2 Å². The standard InChI is InChI=1S/C19H20FNO4/c1-24-25-12-2-3-17-18(13-4-10-16(22)11-5-13)21(19(17)23)15-8-6-14(20)7-9-15/h4-11,17-18,22H,2-3,12H2,1H3/t17-,18-/m1/s1. The van der Waals surface area contributed by atoms with Gasteiger partial charge in [-0.05, 0) is 54.8 Å². The average Bonchev–Trinajstić information content (AvgIpc) is 2.62. The Hall–Kier alpha value is -2.44. The van der Waals surface area contributed by atoms with Crippen molar-refractivity contribution in [2.24, 2.45) is 5.92 Å². The largest absolute Gasteiger partial charge is 0.508 e. The van der Waals surface area contributed by atoms with Gasteiger partial charge in [-0.2, -0.15) is 0 Å². The van der Waals surface area contributed by atoms with Crippen LogP contribution in [0.3, 0.4) is 0 Å². The maximum atomic E-state index is 13.2. The fraction of sp³-hybridized carbons (Fsp3) is 0.316. The van der Waals surface area contributed by atoms with Gasteiger partial charge in [0.1, 0.15) is 11.6 Å². The second-order valence-corrected chi connectivity index (χ2v) is 5.96. The van der Waals surface area contributed by atoms with E-state index in [1.54, 1.807) is 29.2 Å². The van der Waals surface area contributed by atoms with Crippen molar-refractivity contribution in [3.8, 4) is 5.75 Å². The van der Waals surface area contributed by atoms with Gasteiger partial charge in [-0.1, -0.05) is 12.1 Å². The highest BCUT2D eigenvalue weighted by molar-refractivity contribution is 6.03. The third kappa shape index (κ3) is 3.65. The predicted molar refractivity (Wildman–Crippen MR) is 90.4 cm³/mol. The number of aromatic hydroxyl groups is 1. The minimum absolute atomic E-state index is 0.00194. The van der Waals surface area contributed by atoms with E-state index in [9.17, 15) is 14.3 Å². The highest BCUT2D eigenvalue weighted by Crippen LogP contribution is 2.45. The van der Waals surface area contributed by atoms with Crippen molar-refractivity contribution in [1.29, 1.82) is 0 Å². The van der Waals surface area contributed by atoms with Crippen LogP contribution in [0.5, 0.6) is 5.75 Å². The van der Waals surface area contributed by atoms with Gasteiger partial charge in [0.2, 0.25) is 5.91 Å². The average molecular weight is 345 g/mol. The number of carbonyl (C=O) groups is 1. The molecule has 1 saturated heterocycles. The molecule has 6 heteroatoms. The monoisotopic (exact) mass is 345 g/mol. The van der Waals surface area contributed by atoms with E-state index in [1.807, 2.05) is 12.1 Å². The summed E-state index contributed by atoms with van der Waals surface area (Å²) in [4.78, 5) is 23.8. The minimum atomic E-state index is -0.342. The zero-order valence-corrected chi connectivity index (χ0v) is 13.9. The van der Waals surface area contributed by atoms with Crippen LogP contribution in [-0.2, 0) is 14.6 Å². The van der Waals surface area contributed by atoms with E-state index in [-0.39, 0.29) is 29.4 Å². The summed E-state index contributed by atoms with van der Waals surface area (Å²) in [5.41, 5.74) is 1.59. The first kappa shape index (κ1) is 17.4. The predicted octanol–water partition coefficient (Wildman–Crippen LogP) is 3.59. The Labute approximate surface area is 145 Å². The summed E-state index contributed by atoms with van der Waals surface area (Å²) in [5.74, 6) is -0.351. The lowest BCUT2D eigenvalue weighted by atomic mass is 9.79. The van der Waals surface area contributed by atoms with Crippen LogP contribution in [0.25, 0.3) is 0 Å². The Morgan fingerprint density at radius 3 is 2.44 bits per heavy atom. The van der Waals surface area contributed by atoms with Crippen LogP contribution in [0.15, 0.2) is 48.5 Å². The molecule has 2 aromatic carbocycles. The molecular weight excluding hydrogens is 325 g/mol. The first-order valence-corrected chi connectivity index (χ1v) is 8.15. The molecule has 0 spiro atoms. The number of nitrogens with zero attached hydrogens (tertiary/aromatic N) is 1. The quantitative estimate of drug-likeness (QED) is 0.361. The Kier molecular flexibility index (Phi) is 5.31. The SMILES string of the molecule is COOCCC[C@H]1C(=O)N(c2ccc(F)cc2)[C@@H]1c1ccc(O)cc1. The smallest absolute Gasteiger partial charge is 0.233 e. The van der Waals surface area contributed by atoms with Crippen molar-refractivity contribution in [3.63, 3.8) is 0 Å². The third-order valence-electron chi connectivity index (χ3n) is 4.41. The molecule has 0 aliphatic carbocycles. The summed E-state index contributed by atoms with van der Waals surface area (Å²) in [5, 5.41) is 9.51. The van der Waals surface area contributed by atoms with Crippen LogP contribution in [0.4, 0.5) is 10.1 Å². The van der Waals surface area contributed by atoms with Gasteiger partial charge in [0, 0.05) is 5.69 Å².